The van der Waals surface area contributed by atoms with Crippen molar-refractivity contribution in [2.75, 3.05) is 7.11 Å². The molecule has 24 heavy (non-hydrogen) atoms. The maximum Gasteiger partial charge on any atom is 0.255 e. The number of rotatable bonds is 7. The van der Waals surface area contributed by atoms with Gasteiger partial charge in [0.2, 0.25) is 0 Å². The van der Waals surface area contributed by atoms with Gasteiger partial charge in [-0.1, -0.05) is 32.0 Å². The van der Waals surface area contributed by atoms with Crippen LogP contribution >= 0.6 is 12.4 Å². The molecule has 1 unspecified atom stereocenters. The molecular formula is C18H25ClN2O3. The summed E-state index contributed by atoms with van der Waals surface area (Å²) in [6.45, 7) is 4.52. The van der Waals surface area contributed by atoms with Crippen molar-refractivity contribution >= 4 is 18.3 Å². The molecule has 1 amide bonds. The summed E-state index contributed by atoms with van der Waals surface area (Å²) in [4.78, 5) is 12.5. The van der Waals surface area contributed by atoms with Crippen LogP contribution in [0.25, 0.3) is 0 Å². The summed E-state index contributed by atoms with van der Waals surface area (Å²) in [5.74, 6) is 1.61. The number of hydrogen-bond acceptors (Lipinski definition) is 4. The Morgan fingerprint density at radius 2 is 2.04 bits per heavy atom. The number of benzene rings is 1. The van der Waals surface area contributed by atoms with Crippen LogP contribution in [0.4, 0.5) is 0 Å². The lowest BCUT2D eigenvalue weighted by atomic mass is 9.96. The van der Waals surface area contributed by atoms with Crippen molar-refractivity contribution in [1.29, 1.82) is 0 Å². The largest absolute Gasteiger partial charge is 0.496 e. The molecule has 0 saturated carbocycles. The Morgan fingerprint density at radius 3 is 2.62 bits per heavy atom. The number of ether oxygens (including phenoxy) is 1. The van der Waals surface area contributed by atoms with Gasteiger partial charge in [0.25, 0.3) is 5.91 Å². The predicted molar refractivity (Wildman–Crippen MR) is 96.5 cm³/mol. The van der Waals surface area contributed by atoms with Crippen LogP contribution in [0.3, 0.4) is 0 Å². The molecule has 3 N–H and O–H groups in total. The average Bonchev–Trinajstić information content (AvgIpc) is 3.03. The van der Waals surface area contributed by atoms with Crippen LogP contribution in [0.15, 0.2) is 41.0 Å². The zero-order valence-electron chi connectivity index (χ0n) is 14.2. The standard InChI is InChI=1S/C18H24N2O3.ClH/c1-12(2)8-16(15-6-4-5-7-17(15)22-3)20-18(21)13-9-14(10-19)23-11-13;/h4-7,9,11-12,16H,8,10,19H2,1-3H3,(H,20,21);1H. The van der Waals surface area contributed by atoms with E-state index < -0.39 is 0 Å². The molecule has 1 aromatic carbocycles. The van der Waals surface area contributed by atoms with Crippen molar-refractivity contribution in [3.05, 3.63) is 53.5 Å². The SMILES string of the molecule is COc1ccccc1C(CC(C)C)NC(=O)c1coc(CN)c1.Cl. The van der Waals surface area contributed by atoms with Gasteiger partial charge >= 0.3 is 0 Å². The van der Waals surface area contributed by atoms with E-state index in [1.165, 1.54) is 6.26 Å². The second-order valence-corrected chi connectivity index (χ2v) is 5.90. The Kier molecular flexibility index (Phi) is 7.82. The van der Waals surface area contributed by atoms with Crippen LogP contribution in [0, 0.1) is 5.92 Å². The Hall–Kier alpha value is -1.98. The lowest BCUT2D eigenvalue weighted by molar-refractivity contribution is 0.0931. The minimum absolute atomic E-state index is 0. The number of furan rings is 1. The van der Waals surface area contributed by atoms with Crippen molar-refractivity contribution in [1.82, 2.24) is 5.32 Å². The van der Waals surface area contributed by atoms with Gasteiger partial charge in [-0.05, 0) is 24.5 Å². The summed E-state index contributed by atoms with van der Waals surface area (Å²) in [7, 11) is 1.64. The van der Waals surface area contributed by atoms with E-state index in [-0.39, 0.29) is 30.9 Å². The lowest BCUT2D eigenvalue weighted by Crippen LogP contribution is -2.29. The number of nitrogens with one attached hydrogen (secondary N) is 1. The average molecular weight is 353 g/mol. The smallest absolute Gasteiger partial charge is 0.255 e. The molecule has 0 aliphatic heterocycles. The third-order valence-corrected chi connectivity index (χ3v) is 3.64. The first-order valence-electron chi connectivity index (χ1n) is 7.76. The molecule has 0 aliphatic carbocycles. The highest BCUT2D eigenvalue weighted by atomic mass is 35.5. The minimum atomic E-state index is -0.176. The van der Waals surface area contributed by atoms with E-state index >= 15 is 0 Å². The number of methoxy groups -OCH3 is 1. The molecule has 0 saturated heterocycles. The number of para-hydroxylation sites is 1. The Bertz CT molecular complexity index is 655. The first-order valence-corrected chi connectivity index (χ1v) is 7.76. The summed E-state index contributed by atoms with van der Waals surface area (Å²) in [6, 6.07) is 9.28. The van der Waals surface area contributed by atoms with Crippen molar-refractivity contribution in [3.8, 4) is 5.75 Å². The van der Waals surface area contributed by atoms with Crippen LogP contribution in [0.5, 0.6) is 5.75 Å². The summed E-state index contributed by atoms with van der Waals surface area (Å²) < 4.78 is 10.7. The minimum Gasteiger partial charge on any atom is -0.496 e. The highest BCUT2D eigenvalue weighted by Crippen LogP contribution is 2.29. The van der Waals surface area contributed by atoms with E-state index in [2.05, 4.69) is 19.2 Å². The number of nitrogens with two attached hydrogens (primary N) is 1. The Balaban J connectivity index is 0.00000288. The van der Waals surface area contributed by atoms with Gasteiger partial charge in [0, 0.05) is 5.56 Å². The topological polar surface area (TPSA) is 77.5 Å². The van der Waals surface area contributed by atoms with E-state index in [1.54, 1.807) is 13.2 Å². The number of halogens is 1. The predicted octanol–water partition coefficient (Wildman–Crippen LogP) is 3.69. The van der Waals surface area contributed by atoms with Crippen LogP contribution in [-0.4, -0.2) is 13.0 Å². The fourth-order valence-electron chi connectivity index (χ4n) is 2.54. The van der Waals surface area contributed by atoms with Gasteiger partial charge in [-0.25, -0.2) is 0 Å². The maximum atomic E-state index is 12.5. The monoisotopic (exact) mass is 352 g/mol. The molecule has 2 aromatic rings. The zero-order valence-corrected chi connectivity index (χ0v) is 15.1. The quantitative estimate of drug-likeness (QED) is 0.796. The lowest BCUT2D eigenvalue weighted by Gasteiger charge is -2.22. The van der Waals surface area contributed by atoms with E-state index in [9.17, 15) is 4.79 Å². The molecule has 6 heteroatoms. The van der Waals surface area contributed by atoms with Crippen LogP contribution < -0.4 is 15.8 Å². The first-order chi connectivity index (χ1) is 11.0. The van der Waals surface area contributed by atoms with Crippen molar-refractivity contribution in [2.24, 2.45) is 11.7 Å². The molecule has 0 fully saturated rings. The van der Waals surface area contributed by atoms with Gasteiger partial charge < -0.3 is 20.2 Å². The molecule has 1 atom stereocenters. The number of hydrogen-bond donors (Lipinski definition) is 2. The highest BCUT2D eigenvalue weighted by Gasteiger charge is 2.21. The van der Waals surface area contributed by atoms with Crippen LogP contribution in [0.2, 0.25) is 0 Å². The fourth-order valence-corrected chi connectivity index (χ4v) is 2.54. The second-order valence-electron chi connectivity index (χ2n) is 5.90. The van der Waals surface area contributed by atoms with Crippen LogP contribution in [0.1, 0.15) is 48.0 Å². The normalized spacial score (nSPS) is 11.7. The van der Waals surface area contributed by atoms with Crippen molar-refractivity contribution < 1.29 is 13.9 Å². The van der Waals surface area contributed by atoms with E-state index in [4.69, 9.17) is 14.9 Å². The Morgan fingerprint density at radius 1 is 1.33 bits per heavy atom. The summed E-state index contributed by atoms with van der Waals surface area (Å²) in [5.41, 5.74) is 6.97. The molecule has 1 heterocycles. The fraction of sp³-hybridized carbons (Fsp3) is 0.389. The molecule has 0 bridgehead atoms. The van der Waals surface area contributed by atoms with E-state index in [0.717, 1.165) is 17.7 Å². The van der Waals surface area contributed by atoms with Crippen LogP contribution in [-0.2, 0) is 6.54 Å². The summed E-state index contributed by atoms with van der Waals surface area (Å²) in [5, 5.41) is 3.07. The van der Waals surface area contributed by atoms with Gasteiger partial charge in [0.15, 0.2) is 0 Å². The van der Waals surface area contributed by atoms with Crippen molar-refractivity contribution in [2.45, 2.75) is 32.9 Å². The third kappa shape index (κ3) is 5.01. The number of carbonyl (C=O) groups is 1. The van der Waals surface area contributed by atoms with Gasteiger partial charge in [0.05, 0.1) is 25.3 Å². The third-order valence-electron chi connectivity index (χ3n) is 3.64. The van der Waals surface area contributed by atoms with E-state index in [0.29, 0.717) is 17.2 Å². The zero-order chi connectivity index (χ0) is 16.8. The number of carbonyl (C=O) groups excluding carboxylic acids is 1. The molecule has 0 aliphatic rings. The molecular weight excluding hydrogens is 328 g/mol. The molecule has 2 rings (SSSR count). The summed E-state index contributed by atoms with van der Waals surface area (Å²) >= 11 is 0. The number of amides is 1. The van der Waals surface area contributed by atoms with Gasteiger partial charge in [-0.3, -0.25) is 4.79 Å². The molecule has 0 radical (unpaired) electrons. The van der Waals surface area contributed by atoms with Crippen molar-refractivity contribution in [3.63, 3.8) is 0 Å². The molecule has 1 aromatic heterocycles. The van der Waals surface area contributed by atoms with Gasteiger partial charge in [-0.2, -0.15) is 0 Å². The molecule has 132 valence electrons. The molecule has 5 nitrogen and oxygen atoms in total. The Labute approximate surface area is 149 Å². The second kappa shape index (κ2) is 9.35. The van der Waals surface area contributed by atoms with Gasteiger partial charge in [-0.15, -0.1) is 12.4 Å². The van der Waals surface area contributed by atoms with E-state index in [1.807, 2.05) is 24.3 Å². The summed E-state index contributed by atoms with van der Waals surface area (Å²) in [6.07, 6.45) is 2.25. The van der Waals surface area contributed by atoms with Gasteiger partial charge in [0.1, 0.15) is 17.8 Å². The highest BCUT2D eigenvalue weighted by molar-refractivity contribution is 5.94. The molecule has 0 spiro atoms. The maximum absolute atomic E-state index is 12.5. The first kappa shape index (κ1) is 20.1.